The van der Waals surface area contributed by atoms with Crippen molar-refractivity contribution in [1.29, 1.82) is 0 Å². The van der Waals surface area contributed by atoms with Crippen LogP contribution in [0, 0.1) is 24.2 Å². The maximum atomic E-state index is 4.15. The van der Waals surface area contributed by atoms with Crippen LogP contribution in [0.1, 0.15) is 45.4 Å². The SMILES string of the molecule is [CH2]CC(CC)(C1CC1)C1CC1. The van der Waals surface area contributed by atoms with Crippen molar-refractivity contribution in [2.75, 3.05) is 0 Å². The van der Waals surface area contributed by atoms with E-state index in [9.17, 15) is 0 Å². The largest absolute Gasteiger partial charge is 0.0648 e. The molecular weight excluding hydrogens is 132 g/mol. The van der Waals surface area contributed by atoms with Gasteiger partial charge in [-0.15, -0.1) is 0 Å². The van der Waals surface area contributed by atoms with Crippen LogP contribution < -0.4 is 0 Å². The fourth-order valence-electron chi connectivity index (χ4n) is 2.81. The van der Waals surface area contributed by atoms with Crippen molar-refractivity contribution in [2.24, 2.45) is 17.3 Å². The van der Waals surface area contributed by atoms with Gasteiger partial charge < -0.3 is 0 Å². The zero-order chi connectivity index (χ0) is 7.90. The Kier molecular flexibility index (Phi) is 1.74. The molecule has 0 saturated heterocycles. The van der Waals surface area contributed by atoms with Gasteiger partial charge in [0, 0.05) is 0 Å². The summed E-state index contributed by atoms with van der Waals surface area (Å²) in [6, 6.07) is 0. The highest BCUT2D eigenvalue weighted by molar-refractivity contribution is 5.02. The van der Waals surface area contributed by atoms with Crippen LogP contribution in [0.2, 0.25) is 0 Å². The molecule has 11 heavy (non-hydrogen) atoms. The lowest BCUT2D eigenvalue weighted by Crippen LogP contribution is -2.24. The molecule has 0 unspecified atom stereocenters. The van der Waals surface area contributed by atoms with E-state index in [0.29, 0.717) is 5.41 Å². The molecule has 0 aromatic carbocycles. The van der Waals surface area contributed by atoms with Gasteiger partial charge in [0.25, 0.3) is 0 Å². The predicted molar refractivity (Wildman–Crippen MR) is 48.1 cm³/mol. The summed E-state index contributed by atoms with van der Waals surface area (Å²) in [5.41, 5.74) is 0.694. The van der Waals surface area contributed by atoms with Crippen molar-refractivity contribution in [3.05, 3.63) is 6.92 Å². The van der Waals surface area contributed by atoms with Crippen molar-refractivity contribution >= 4 is 0 Å². The first kappa shape index (κ1) is 7.64. The number of rotatable bonds is 4. The van der Waals surface area contributed by atoms with Gasteiger partial charge in [-0.25, -0.2) is 0 Å². The third kappa shape index (κ3) is 1.11. The fraction of sp³-hybridized carbons (Fsp3) is 0.909. The van der Waals surface area contributed by atoms with Crippen LogP contribution in [0.5, 0.6) is 0 Å². The van der Waals surface area contributed by atoms with E-state index in [4.69, 9.17) is 0 Å². The van der Waals surface area contributed by atoms with Gasteiger partial charge >= 0.3 is 0 Å². The Bertz CT molecular complexity index is 122. The normalized spacial score (nSPS) is 25.6. The van der Waals surface area contributed by atoms with Crippen molar-refractivity contribution in [3.8, 4) is 0 Å². The van der Waals surface area contributed by atoms with Gasteiger partial charge in [-0.1, -0.05) is 13.8 Å². The molecule has 0 heterocycles. The predicted octanol–water partition coefficient (Wildman–Crippen LogP) is 3.43. The molecule has 0 heteroatoms. The molecule has 2 rings (SSSR count). The molecule has 0 aromatic heterocycles. The highest BCUT2D eigenvalue weighted by atomic mass is 14.6. The molecule has 2 fully saturated rings. The quantitative estimate of drug-likeness (QED) is 0.577. The molecule has 0 bridgehead atoms. The van der Waals surface area contributed by atoms with Crippen LogP contribution >= 0.6 is 0 Å². The van der Waals surface area contributed by atoms with E-state index in [1.54, 1.807) is 0 Å². The summed E-state index contributed by atoms with van der Waals surface area (Å²) in [6.07, 6.45) is 8.57. The Balaban J connectivity index is 2.07. The highest BCUT2D eigenvalue weighted by Gasteiger charge is 2.51. The molecule has 1 radical (unpaired) electrons. The maximum Gasteiger partial charge on any atom is -0.0243 e. The Morgan fingerprint density at radius 2 is 1.64 bits per heavy atom. The van der Waals surface area contributed by atoms with Crippen LogP contribution in [0.3, 0.4) is 0 Å². The zero-order valence-electron chi connectivity index (χ0n) is 7.60. The van der Waals surface area contributed by atoms with Crippen LogP contribution in [0.25, 0.3) is 0 Å². The Morgan fingerprint density at radius 1 is 1.18 bits per heavy atom. The highest BCUT2D eigenvalue weighted by Crippen LogP contribution is 2.61. The molecule has 0 aliphatic heterocycles. The van der Waals surface area contributed by atoms with Crippen LogP contribution in [0.15, 0.2) is 0 Å². The van der Waals surface area contributed by atoms with E-state index in [0.717, 1.165) is 11.8 Å². The molecule has 0 atom stereocenters. The summed E-state index contributed by atoms with van der Waals surface area (Å²) in [4.78, 5) is 0. The van der Waals surface area contributed by atoms with Gasteiger partial charge in [0.05, 0.1) is 0 Å². The smallest absolute Gasteiger partial charge is 0.0243 e. The summed E-state index contributed by atoms with van der Waals surface area (Å²) in [5.74, 6) is 2.13. The third-order valence-electron chi connectivity index (χ3n) is 3.90. The summed E-state index contributed by atoms with van der Waals surface area (Å²) in [6.45, 7) is 6.51. The first-order valence-corrected chi connectivity index (χ1v) is 5.12. The average Bonchev–Trinajstić information content (AvgIpc) is 2.87. The molecular formula is C11H19. The van der Waals surface area contributed by atoms with Gasteiger partial charge in [0.1, 0.15) is 0 Å². The molecule has 0 amide bonds. The van der Waals surface area contributed by atoms with Crippen molar-refractivity contribution in [1.82, 2.24) is 0 Å². The second-order valence-corrected chi connectivity index (χ2v) is 4.39. The Labute approximate surface area is 70.4 Å². The molecule has 63 valence electrons. The lowest BCUT2D eigenvalue weighted by Gasteiger charge is -2.32. The minimum atomic E-state index is 0.694. The van der Waals surface area contributed by atoms with E-state index in [-0.39, 0.29) is 0 Å². The van der Waals surface area contributed by atoms with Crippen LogP contribution in [-0.2, 0) is 0 Å². The fourth-order valence-corrected chi connectivity index (χ4v) is 2.81. The summed E-state index contributed by atoms with van der Waals surface area (Å²) < 4.78 is 0. The van der Waals surface area contributed by atoms with Crippen molar-refractivity contribution < 1.29 is 0 Å². The minimum absolute atomic E-state index is 0.694. The van der Waals surface area contributed by atoms with Crippen LogP contribution in [0.4, 0.5) is 0 Å². The lowest BCUT2D eigenvalue weighted by molar-refractivity contribution is 0.186. The van der Waals surface area contributed by atoms with Gasteiger partial charge in [-0.2, -0.15) is 0 Å². The van der Waals surface area contributed by atoms with Crippen molar-refractivity contribution in [2.45, 2.75) is 45.4 Å². The molecule has 2 aliphatic carbocycles. The summed E-state index contributed by atoms with van der Waals surface area (Å²) >= 11 is 0. The average molecular weight is 151 g/mol. The number of hydrogen-bond donors (Lipinski definition) is 0. The molecule has 0 nitrogen and oxygen atoms in total. The van der Waals surface area contributed by atoms with Crippen molar-refractivity contribution in [3.63, 3.8) is 0 Å². The Morgan fingerprint density at radius 3 is 1.82 bits per heavy atom. The van der Waals surface area contributed by atoms with E-state index in [1.807, 2.05) is 0 Å². The second kappa shape index (κ2) is 2.50. The molecule has 2 saturated carbocycles. The molecule has 0 N–H and O–H groups in total. The monoisotopic (exact) mass is 151 g/mol. The van der Waals surface area contributed by atoms with Gasteiger partial charge in [-0.3, -0.25) is 0 Å². The minimum Gasteiger partial charge on any atom is -0.0648 e. The zero-order valence-corrected chi connectivity index (χ0v) is 7.60. The first-order chi connectivity index (χ1) is 5.33. The second-order valence-electron chi connectivity index (χ2n) is 4.39. The topological polar surface area (TPSA) is 0 Å². The van der Waals surface area contributed by atoms with E-state index in [2.05, 4.69) is 13.8 Å². The first-order valence-electron chi connectivity index (χ1n) is 5.12. The molecule has 0 aromatic rings. The van der Waals surface area contributed by atoms with E-state index < -0.39 is 0 Å². The molecule has 2 aliphatic rings. The number of hydrogen-bond acceptors (Lipinski definition) is 0. The Hall–Kier alpha value is 0. The molecule has 0 spiro atoms. The third-order valence-corrected chi connectivity index (χ3v) is 3.90. The standard InChI is InChI=1S/C11H19/c1-3-11(4-2,9-5-6-9)10-7-8-10/h9-10H,1,3-8H2,2H3. The van der Waals surface area contributed by atoms with Gasteiger partial charge in [-0.05, 0) is 55.8 Å². The van der Waals surface area contributed by atoms with Crippen LogP contribution in [-0.4, -0.2) is 0 Å². The van der Waals surface area contributed by atoms with Gasteiger partial charge in [0.15, 0.2) is 0 Å². The summed E-state index contributed by atoms with van der Waals surface area (Å²) in [7, 11) is 0. The maximum absolute atomic E-state index is 4.15. The van der Waals surface area contributed by atoms with E-state index >= 15 is 0 Å². The van der Waals surface area contributed by atoms with E-state index in [1.165, 1.54) is 38.5 Å². The lowest BCUT2D eigenvalue weighted by atomic mass is 9.73. The summed E-state index contributed by atoms with van der Waals surface area (Å²) in [5, 5.41) is 0. The van der Waals surface area contributed by atoms with Gasteiger partial charge in [0.2, 0.25) is 0 Å².